The van der Waals surface area contributed by atoms with Gasteiger partial charge in [-0.15, -0.1) is 11.8 Å². The highest BCUT2D eigenvalue weighted by Gasteiger charge is 2.50. The van der Waals surface area contributed by atoms with Gasteiger partial charge in [0.1, 0.15) is 0 Å². The zero-order chi connectivity index (χ0) is 20.8. The van der Waals surface area contributed by atoms with Crippen LogP contribution in [0.1, 0.15) is 18.4 Å². The summed E-state index contributed by atoms with van der Waals surface area (Å²) in [7, 11) is -3.63. The fraction of sp³-hybridized carbons (Fsp3) is 0.588. The molecular formula is C17H25F3N4O2S2. The average molecular weight is 439 g/mol. The molecule has 2 rings (SSSR count). The molecule has 0 aromatic heterocycles. The van der Waals surface area contributed by atoms with E-state index >= 15 is 0 Å². The Balaban J connectivity index is 1.73. The van der Waals surface area contributed by atoms with E-state index in [-0.39, 0.29) is 32.0 Å². The van der Waals surface area contributed by atoms with Crippen LogP contribution in [0.5, 0.6) is 0 Å². The Hall–Kier alpha value is -1.46. The number of piperidine rings is 1. The van der Waals surface area contributed by atoms with Gasteiger partial charge >= 0.3 is 15.5 Å². The predicted octanol–water partition coefficient (Wildman–Crippen LogP) is 2.57. The van der Waals surface area contributed by atoms with Crippen molar-refractivity contribution in [3.8, 4) is 0 Å². The summed E-state index contributed by atoms with van der Waals surface area (Å²) in [4.78, 5) is 5.29. The van der Waals surface area contributed by atoms with Crippen LogP contribution in [-0.2, 0) is 10.0 Å². The number of rotatable bonds is 6. The van der Waals surface area contributed by atoms with E-state index in [0.717, 1.165) is 5.75 Å². The lowest BCUT2D eigenvalue weighted by Gasteiger charge is -2.32. The maximum atomic E-state index is 12.6. The number of nitrogens with one attached hydrogen (secondary N) is 2. The van der Waals surface area contributed by atoms with Crippen LogP contribution in [0.25, 0.3) is 0 Å². The fourth-order valence-electron chi connectivity index (χ4n) is 2.75. The molecule has 158 valence electrons. The molecule has 0 atom stereocenters. The van der Waals surface area contributed by atoms with Gasteiger partial charge in [-0.05, 0) is 31.9 Å². The molecule has 2 N–H and O–H groups in total. The number of thioether (sulfide) groups is 1. The third-order valence-electron chi connectivity index (χ3n) is 4.34. The van der Waals surface area contributed by atoms with E-state index in [4.69, 9.17) is 0 Å². The van der Waals surface area contributed by atoms with Crippen molar-refractivity contribution in [2.45, 2.75) is 36.2 Å². The number of sulfonamides is 1. The molecule has 0 radical (unpaired) electrons. The van der Waals surface area contributed by atoms with E-state index in [2.05, 4.69) is 39.9 Å². The van der Waals surface area contributed by atoms with Gasteiger partial charge in [-0.2, -0.15) is 17.5 Å². The SMILES string of the molecule is CN=C(NCCSc1ccc(C)cc1)NC1CCN(S(=O)(=O)C(F)(F)F)CC1. The van der Waals surface area contributed by atoms with Crippen LogP contribution >= 0.6 is 11.8 Å². The summed E-state index contributed by atoms with van der Waals surface area (Å²) in [6.45, 7) is 2.37. The Kier molecular flexibility index (Phi) is 8.02. The summed E-state index contributed by atoms with van der Waals surface area (Å²) >= 11 is 1.71. The monoisotopic (exact) mass is 438 g/mol. The van der Waals surface area contributed by atoms with E-state index < -0.39 is 15.5 Å². The van der Waals surface area contributed by atoms with E-state index in [1.54, 1.807) is 18.8 Å². The summed E-state index contributed by atoms with van der Waals surface area (Å²) < 4.78 is 61.2. The molecule has 0 unspecified atom stereocenters. The molecule has 0 amide bonds. The van der Waals surface area contributed by atoms with E-state index in [0.29, 0.717) is 16.8 Å². The van der Waals surface area contributed by atoms with Gasteiger partial charge in [0.25, 0.3) is 0 Å². The van der Waals surface area contributed by atoms with Crippen molar-refractivity contribution < 1.29 is 21.6 Å². The third kappa shape index (κ3) is 6.28. The molecule has 1 aromatic carbocycles. The maximum Gasteiger partial charge on any atom is 0.511 e. The predicted molar refractivity (Wildman–Crippen MR) is 106 cm³/mol. The molecule has 0 saturated carbocycles. The van der Waals surface area contributed by atoms with Crippen molar-refractivity contribution in [3.63, 3.8) is 0 Å². The lowest BCUT2D eigenvalue weighted by molar-refractivity contribution is -0.0494. The Morgan fingerprint density at radius 2 is 1.86 bits per heavy atom. The quantitative estimate of drug-likeness (QED) is 0.309. The second-order valence-corrected chi connectivity index (χ2v) is 9.53. The van der Waals surface area contributed by atoms with Crippen molar-refractivity contribution in [2.75, 3.05) is 32.4 Å². The van der Waals surface area contributed by atoms with Crippen molar-refractivity contribution >= 4 is 27.7 Å². The first-order chi connectivity index (χ1) is 13.1. The number of alkyl halides is 3. The third-order valence-corrected chi connectivity index (χ3v) is 6.98. The van der Waals surface area contributed by atoms with E-state index in [1.807, 2.05) is 6.92 Å². The number of halogens is 3. The summed E-state index contributed by atoms with van der Waals surface area (Å²) in [6, 6.07) is 8.12. The second-order valence-electron chi connectivity index (χ2n) is 6.43. The molecule has 0 aliphatic carbocycles. The summed E-state index contributed by atoms with van der Waals surface area (Å²) in [5.74, 6) is 1.38. The molecule has 11 heteroatoms. The molecule has 1 aliphatic rings. The van der Waals surface area contributed by atoms with Gasteiger partial charge in [0, 0.05) is 43.4 Å². The van der Waals surface area contributed by atoms with Gasteiger partial charge in [0.2, 0.25) is 0 Å². The Morgan fingerprint density at radius 3 is 2.39 bits per heavy atom. The van der Waals surface area contributed by atoms with Crippen LogP contribution in [0.15, 0.2) is 34.2 Å². The number of benzene rings is 1. The number of guanidine groups is 1. The van der Waals surface area contributed by atoms with Crippen LogP contribution in [-0.4, -0.2) is 62.7 Å². The van der Waals surface area contributed by atoms with Crippen LogP contribution in [0, 0.1) is 6.92 Å². The first-order valence-corrected chi connectivity index (χ1v) is 11.3. The maximum absolute atomic E-state index is 12.6. The Morgan fingerprint density at radius 1 is 1.25 bits per heavy atom. The highest BCUT2D eigenvalue weighted by Crippen LogP contribution is 2.28. The molecule has 1 heterocycles. The molecule has 1 aliphatic heterocycles. The lowest BCUT2D eigenvalue weighted by Crippen LogP contribution is -2.51. The first kappa shape index (κ1) is 22.8. The fourth-order valence-corrected chi connectivity index (χ4v) is 4.50. The minimum Gasteiger partial charge on any atom is -0.356 e. The molecule has 6 nitrogen and oxygen atoms in total. The topological polar surface area (TPSA) is 73.8 Å². The smallest absolute Gasteiger partial charge is 0.356 e. The minimum absolute atomic E-state index is 0.129. The van der Waals surface area contributed by atoms with Gasteiger partial charge in [-0.1, -0.05) is 17.7 Å². The number of aliphatic imine (C=N–C) groups is 1. The number of hydrogen-bond donors (Lipinski definition) is 2. The van der Waals surface area contributed by atoms with Crippen LogP contribution in [0.3, 0.4) is 0 Å². The number of nitrogens with zero attached hydrogens (tertiary/aromatic N) is 2. The average Bonchev–Trinajstić information content (AvgIpc) is 2.65. The van der Waals surface area contributed by atoms with Crippen molar-refractivity contribution in [1.29, 1.82) is 0 Å². The van der Waals surface area contributed by atoms with E-state index in [1.165, 1.54) is 10.5 Å². The summed E-state index contributed by atoms with van der Waals surface area (Å²) in [5, 5.41) is 6.32. The molecule has 28 heavy (non-hydrogen) atoms. The van der Waals surface area contributed by atoms with Gasteiger partial charge in [-0.25, -0.2) is 8.42 Å². The zero-order valence-corrected chi connectivity index (χ0v) is 17.4. The number of hydrogen-bond acceptors (Lipinski definition) is 4. The van der Waals surface area contributed by atoms with Crippen LogP contribution in [0.2, 0.25) is 0 Å². The minimum atomic E-state index is -5.25. The highest BCUT2D eigenvalue weighted by atomic mass is 32.2. The Labute approximate surface area is 168 Å². The summed E-state index contributed by atoms with van der Waals surface area (Å²) in [6.07, 6.45) is 0.572. The second kappa shape index (κ2) is 9.84. The van der Waals surface area contributed by atoms with Crippen molar-refractivity contribution in [2.24, 2.45) is 4.99 Å². The van der Waals surface area contributed by atoms with Crippen LogP contribution < -0.4 is 10.6 Å². The molecule has 1 fully saturated rings. The first-order valence-electron chi connectivity index (χ1n) is 8.86. The highest BCUT2D eigenvalue weighted by molar-refractivity contribution is 7.99. The normalized spacial score (nSPS) is 17.5. The molecule has 0 spiro atoms. The summed E-state index contributed by atoms with van der Waals surface area (Å²) in [5.41, 5.74) is -4.04. The van der Waals surface area contributed by atoms with Crippen molar-refractivity contribution in [1.82, 2.24) is 14.9 Å². The number of aryl methyl sites for hydroxylation is 1. The standard InChI is InChI=1S/C17H25F3N4O2S2/c1-13-3-5-15(6-4-13)27-12-9-22-16(21-2)23-14-7-10-24(11-8-14)28(25,26)17(18,19)20/h3-6,14H,7-12H2,1-2H3,(H2,21,22,23). The molecule has 1 aromatic rings. The van der Waals surface area contributed by atoms with Crippen LogP contribution in [0.4, 0.5) is 13.2 Å². The van der Waals surface area contributed by atoms with Crippen molar-refractivity contribution in [3.05, 3.63) is 29.8 Å². The zero-order valence-electron chi connectivity index (χ0n) is 15.8. The van der Waals surface area contributed by atoms with Gasteiger partial charge in [0.15, 0.2) is 5.96 Å². The molecule has 0 bridgehead atoms. The Bertz CT molecular complexity index is 760. The van der Waals surface area contributed by atoms with Gasteiger partial charge in [0.05, 0.1) is 0 Å². The molecule has 1 saturated heterocycles. The lowest BCUT2D eigenvalue weighted by atomic mass is 10.1. The molecular weight excluding hydrogens is 413 g/mol. The van der Waals surface area contributed by atoms with Gasteiger partial charge in [-0.3, -0.25) is 4.99 Å². The van der Waals surface area contributed by atoms with E-state index in [9.17, 15) is 21.6 Å². The largest absolute Gasteiger partial charge is 0.511 e. The van der Waals surface area contributed by atoms with Gasteiger partial charge < -0.3 is 10.6 Å².